The third kappa shape index (κ3) is 5.87. The topological polar surface area (TPSA) is 117 Å². The van der Waals surface area contributed by atoms with Crippen LogP contribution in [0.3, 0.4) is 0 Å². The third-order valence-electron chi connectivity index (χ3n) is 7.76. The number of nitrogens with two attached hydrogens (primary N) is 1. The van der Waals surface area contributed by atoms with E-state index in [1.807, 2.05) is 31.2 Å². The molecule has 1 aromatic heterocycles. The molecular weight excluding hydrogens is 506 g/mol. The Morgan fingerprint density at radius 2 is 1.84 bits per heavy atom. The standard InChI is InChI=1S/C27H38ClN7O3/c1-5-19-16-34(25-23(28)31-21(24(29)32-25)26(36)30-3)14-15-35(19)20-10-12-33(13-11-20)22(27(37)38-4)18-8-6-17(2)7-9-18/h6-9,19-20,22H,5,10-16H2,1-4H3,(H2,29,32)(H,30,36)/t19-,22-/m0/s1. The van der Waals surface area contributed by atoms with Crippen LogP contribution in [0, 0.1) is 6.92 Å². The Bertz CT molecular complexity index is 1140. The SMILES string of the molecule is CC[C@H]1CN(c2nc(N)c(C(=O)NC)nc2Cl)CCN1C1CCN([C@H](C(=O)OC)c2ccc(C)cc2)CC1. The molecule has 0 saturated carbocycles. The van der Waals surface area contributed by atoms with E-state index in [-0.39, 0.29) is 28.7 Å². The molecule has 0 radical (unpaired) electrons. The largest absolute Gasteiger partial charge is 0.468 e. The zero-order valence-electron chi connectivity index (χ0n) is 22.6. The summed E-state index contributed by atoms with van der Waals surface area (Å²) in [6.45, 7) is 8.22. The number of rotatable bonds is 7. The first-order valence-corrected chi connectivity index (χ1v) is 13.6. The minimum absolute atomic E-state index is 0.0367. The Morgan fingerprint density at radius 1 is 1.16 bits per heavy atom. The van der Waals surface area contributed by atoms with Gasteiger partial charge in [0.2, 0.25) is 0 Å². The van der Waals surface area contributed by atoms with Crippen molar-refractivity contribution in [3.05, 3.63) is 46.2 Å². The molecule has 2 fully saturated rings. The Balaban J connectivity index is 1.42. The Kier molecular flexibility index (Phi) is 9.07. The van der Waals surface area contributed by atoms with E-state index in [0.29, 0.717) is 17.9 Å². The number of nitrogen functional groups attached to an aromatic ring is 1. The molecule has 2 aliphatic rings. The second-order valence-corrected chi connectivity index (χ2v) is 10.4. The Hall–Kier alpha value is -2.95. The fraction of sp³-hybridized carbons (Fsp3) is 0.556. The van der Waals surface area contributed by atoms with Crippen molar-refractivity contribution in [3.8, 4) is 0 Å². The molecule has 3 N–H and O–H groups in total. The minimum atomic E-state index is -0.414. The summed E-state index contributed by atoms with van der Waals surface area (Å²) in [6, 6.07) is 8.49. The summed E-state index contributed by atoms with van der Waals surface area (Å²) < 4.78 is 5.18. The van der Waals surface area contributed by atoms with E-state index < -0.39 is 5.91 Å². The van der Waals surface area contributed by atoms with E-state index >= 15 is 0 Å². The van der Waals surface area contributed by atoms with Gasteiger partial charge in [0, 0.05) is 51.9 Å². The lowest BCUT2D eigenvalue weighted by Crippen LogP contribution is -2.59. The maximum absolute atomic E-state index is 12.7. The molecule has 0 unspecified atom stereocenters. The number of amides is 1. The number of methoxy groups -OCH3 is 1. The van der Waals surface area contributed by atoms with Gasteiger partial charge in [-0.25, -0.2) is 14.8 Å². The van der Waals surface area contributed by atoms with Crippen molar-refractivity contribution >= 4 is 35.1 Å². The van der Waals surface area contributed by atoms with Crippen molar-refractivity contribution in [1.82, 2.24) is 25.1 Å². The van der Waals surface area contributed by atoms with Crippen LogP contribution in [0.2, 0.25) is 5.15 Å². The molecule has 0 spiro atoms. The van der Waals surface area contributed by atoms with Gasteiger partial charge in [0.25, 0.3) is 5.91 Å². The molecule has 2 aromatic rings. The number of ether oxygens (including phenoxy) is 1. The number of piperidine rings is 1. The van der Waals surface area contributed by atoms with Gasteiger partial charge in [-0.1, -0.05) is 48.4 Å². The first kappa shape index (κ1) is 28.1. The molecule has 10 nitrogen and oxygen atoms in total. The van der Waals surface area contributed by atoms with Crippen molar-refractivity contribution < 1.29 is 14.3 Å². The lowest BCUT2D eigenvalue weighted by Gasteiger charge is -2.48. The number of carbonyl (C=O) groups is 2. The van der Waals surface area contributed by atoms with Crippen LogP contribution in [0.1, 0.15) is 53.8 Å². The summed E-state index contributed by atoms with van der Waals surface area (Å²) in [6.07, 6.45) is 2.93. The first-order valence-electron chi connectivity index (χ1n) is 13.2. The molecular formula is C27H38ClN7O3. The Labute approximate surface area is 229 Å². The number of halogens is 1. The highest BCUT2D eigenvalue weighted by Gasteiger charge is 2.37. The fourth-order valence-corrected chi connectivity index (χ4v) is 5.89. The average molecular weight is 544 g/mol. The van der Waals surface area contributed by atoms with Gasteiger partial charge in [-0.05, 0) is 31.7 Å². The summed E-state index contributed by atoms with van der Waals surface area (Å²) in [4.78, 5) is 40.4. The van der Waals surface area contributed by atoms with E-state index in [0.717, 1.165) is 63.1 Å². The molecule has 2 aliphatic heterocycles. The molecule has 1 amide bonds. The van der Waals surface area contributed by atoms with Gasteiger partial charge < -0.3 is 20.7 Å². The molecule has 4 rings (SSSR count). The summed E-state index contributed by atoms with van der Waals surface area (Å²) >= 11 is 6.45. The molecule has 38 heavy (non-hydrogen) atoms. The van der Waals surface area contributed by atoms with Crippen molar-refractivity contribution in [3.63, 3.8) is 0 Å². The number of esters is 1. The van der Waals surface area contributed by atoms with E-state index in [1.165, 1.54) is 14.2 Å². The van der Waals surface area contributed by atoms with Crippen LogP contribution in [0.4, 0.5) is 11.6 Å². The number of likely N-dealkylation sites (tertiary alicyclic amines) is 1. The van der Waals surface area contributed by atoms with Gasteiger partial charge in [-0.2, -0.15) is 0 Å². The van der Waals surface area contributed by atoms with Gasteiger partial charge in [-0.15, -0.1) is 0 Å². The molecule has 11 heteroatoms. The number of anilines is 2. The number of nitrogens with zero attached hydrogens (tertiary/aromatic N) is 5. The van der Waals surface area contributed by atoms with Crippen LogP contribution in [-0.4, -0.2) is 90.6 Å². The van der Waals surface area contributed by atoms with E-state index in [9.17, 15) is 9.59 Å². The van der Waals surface area contributed by atoms with Gasteiger partial charge in [0.15, 0.2) is 22.5 Å². The van der Waals surface area contributed by atoms with Crippen LogP contribution in [-0.2, 0) is 9.53 Å². The maximum atomic E-state index is 12.7. The number of aryl methyl sites for hydroxylation is 1. The number of piperazine rings is 1. The summed E-state index contributed by atoms with van der Waals surface area (Å²) in [5, 5.41) is 2.69. The van der Waals surface area contributed by atoms with Crippen LogP contribution < -0.4 is 16.0 Å². The molecule has 0 aliphatic carbocycles. The van der Waals surface area contributed by atoms with E-state index in [4.69, 9.17) is 22.1 Å². The molecule has 2 saturated heterocycles. The predicted molar refractivity (Wildman–Crippen MR) is 148 cm³/mol. The number of benzene rings is 1. The lowest BCUT2D eigenvalue weighted by atomic mass is 9.95. The van der Waals surface area contributed by atoms with Crippen molar-refractivity contribution in [2.75, 3.05) is 57.5 Å². The van der Waals surface area contributed by atoms with E-state index in [1.54, 1.807) is 0 Å². The number of aromatic nitrogens is 2. The first-order chi connectivity index (χ1) is 18.3. The van der Waals surface area contributed by atoms with Crippen molar-refractivity contribution in [1.29, 1.82) is 0 Å². The maximum Gasteiger partial charge on any atom is 0.327 e. The number of carbonyl (C=O) groups excluding carboxylic acids is 2. The van der Waals surface area contributed by atoms with Crippen molar-refractivity contribution in [2.24, 2.45) is 0 Å². The lowest BCUT2D eigenvalue weighted by molar-refractivity contribution is -0.148. The molecule has 0 bridgehead atoms. The molecule has 206 valence electrons. The van der Waals surface area contributed by atoms with Crippen molar-refractivity contribution in [2.45, 2.75) is 51.2 Å². The van der Waals surface area contributed by atoms with Gasteiger partial charge in [-0.3, -0.25) is 14.6 Å². The highest BCUT2D eigenvalue weighted by Crippen LogP contribution is 2.32. The minimum Gasteiger partial charge on any atom is -0.468 e. The van der Waals surface area contributed by atoms with Gasteiger partial charge in [0.1, 0.15) is 6.04 Å². The molecule has 3 heterocycles. The second kappa shape index (κ2) is 12.3. The van der Waals surface area contributed by atoms with Gasteiger partial charge in [0.05, 0.1) is 7.11 Å². The quantitative estimate of drug-likeness (QED) is 0.508. The normalized spacial score (nSPS) is 20.2. The van der Waals surface area contributed by atoms with E-state index in [2.05, 4.69) is 36.9 Å². The monoisotopic (exact) mass is 543 g/mol. The third-order valence-corrected chi connectivity index (χ3v) is 8.01. The molecule has 1 aromatic carbocycles. The Morgan fingerprint density at radius 3 is 2.45 bits per heavy atom. The number of nitrogens with one attached hydrogen (secondary N) is 1. The summed E-state index contributed by atoms with van der Waals surface area (Å²) in [5.41, 5.74) is 8.21. The highest BCUT2D eigenvalue weighted by molar-refractivity contribution is 6.32. The zero-order valence-corrected chi connectivity index (χ0v) is 23.4. The average Bonchev–Trinajstić information content (AvgIpc) is 2.94. The van der Waals surface area contributed by atoms with Crippen LogP contribution >= 0.6 is 11.6 Å². The van der Waals surface area contributed by atoms with Gasteiger partial charge >= 0.3 is 5.97 Å². The number of hydrogen-bond donors (Lipinski definition) is 2. The summed E-state index contributed by atoms with van der Waals surface area (Å²) in [7, 11) is 2.97. The smallest absolute Gasteiger partial charge is 0.327 e. The predicted octanol–water partition coefficient (Wildman–Crippen LogP) is 2.66. The van der Waals surface area contributed by atoms with Crippen LogP contribution in [0.15, 0.2) is 24.3 Å². The number of hydrogen-bond acceptors (Lipinski definition) is 9. The fourth-order valence-electron chi connectivity index (χ4n) is 5.64. The summed E-state index contributed by atoms with van der Waals surface area (Å²) in [5.74, 6) is -0.0426. The van der Waals surface area contributed by atoms with Crippen LogP contribution in [0.25, 0.3) is 0 Å². The van der Waals surface area contributed by atoms with Crippen LogP contribution in [0.5, 0.6) is 0 Å². The second-order valence-electron chi connectivity index (χ2n) is 10.0. The highest BCUT2D eigenvalue weighted by atomic mass is 35.5. The molecule has 2 atom stereocenters. The zero-order chi connectivity index (χ0) is 27.4.